The molecular formula is C18H25NO2. The average molecular weight is 287 g/mol. The minimum atomic E-state index is -0.550. The van der Waals surface area contributed by atoms with Crippen LogP contribution in [0.25, 0.3) is 0 Å². The predicted molar refractivity (Wildman–Crippen MR) is 85.1 cm³/mol. The molecule has 0 radical (unpaired) electrons. The quantitative estimate of drug-likeness (QED) is 0.624. The van der Waals surface area contributed by atoms with Gasteiger partial charge in [0.25, 0.3) is 0 Å². The molecule has 21 heavy (non-hydrogen) atoms. The van der Waals surface area contributed by atoms with Crippen LogP contribution in [0.3, 0.4) is 0 Å². The smallest absolute Gasteiger partial charge is 0.148 e. The van der Waals surface area contributed by atoms with Crippen molar-refractivity contribution in [3.8, 4) is 18.1 Å². The standard InChI is InChI=1S/C18H25NO2/c1-2-13-21-17-10-6-5-9-16(17)14-19-15-18(20)11-7-3-4-8-12-18/h1,5-6,9-10,19-20H,3-4,7-8,11-15H2. The number of hydrogen-bond acceptors (Lipinski definition) is 3. The van der Waals surface area contributed by atoms with E-state index in [2.05, 4.69) is 11.2 Å². The SMILES string of the molecule is C#CCOc1ccccc1CNCC1(O)CCCCCC1. The Kier molecular flexibility index (Phi) is 6.10. The molecular weight excluding hydrogens is 262 g/mol. The highest BCUT2D eigenvalue weighted by molar-refractivity contribution is 5.33. The molecule has 114 valence electrons. The largest absolute Gasteiger partial charge is 0.481 e. The summed E-state index contributed by atoms with van der Waals surface area (Å²) in [6, 6.07) is 7.87. The van der Waals surface area contributed by atoms with Crippen LogP contribution in [-0.2, 0) is 6.54 Å². The van der Waals surface area contributed by atoms with E-state index in [1.165, 1.54) is 12.8 Å². The van der Waals surface area contributed by atoms with Gasteiger partial charge in [0.1, 0.15) is 12.4 Å². The third-order valence-electron chi connectivity index (χ3n) is 4.09. The highest BCUT2D eigenvalue weighted by Gasteiger charge is 2.27. The zero-order valence-corrected chi connectivity index (χ0v) is 12.6. The highest BCUT2D eigenvalue weighted by atomic mass is 16.5. The Morgan fingerprint density at radius 3 is 2.62 bits per heavy atom. The van der Waals surface area contributed by atoms with Crippen molar-refractivity contribution in [1.82, 2.24) is 5.32 Å². The molecule has 0 atom stereocenters. The first-order chi connectivity index (χ1) is 10.2. The van der Waals surface area contributed by atoms with Crippen molar-refractivity contribution in [3.05, 3.63) is 29.8 Å². The van der Waals surface area contributed by atoms with Crippen molar-refractivity contribution in [1.29, 1.82) is 0 Å². The number of ether oxygens (including phenoxy) is 1. The maximum atomic E-state index is 10.6. The van der Waals surface area contributed by atoms with Gasteiger partial charge in [-0.1, -0.05) is 49.8 Å². The Balaban J connectivity index is 1.86. The van der Waals surface area contributed by atoms with Crippen molar-refractivity contribution >= 4 is 0 Å². The molecule has 1 fully saturated rings. The molecule has 2 rings (SSSR count). The van der Waals surface area contributed by atoms with Crippen molar-refractivity contribution in [2.45, 2.75) is 50.7 Å². The predicted octanol–water partition coefficient (Wildman–Crippen LogP) is 2.87. The lowest BCUT2D eigenvalue weighted by atomic mass is 9.94. The maximum absolute atomic E-state index is 10.6. The van der Waals surface area contributed by atoms with Gasteiger partial charge in [0, 0.05) is 18.7 Å². The molecule has 0 aliphatic heterocycles. The van der Waals surface area contributed by atoms with E-state index in [1.807, 2.05) is 24.3 Å². The average Bonchev–Trinajstić information content (AvgIpc) is 2.71. The fourth-order valence-corrected chi connectivity index (χ4v) is 2.90. The Morgan fingerprint density at radius 2 is 1.90 bits per heavy atom. The van der Waals surface area contributed by atoms with Gasteiger partial charge < -0.3 is 15.2 Å². The summed E-state index contributed by atoms with van der Waals surface area (Å²) in [6.07, 6.45) is 11.8. The van der Waals surface area contributed by atoms with Crippen LogP contribution in [0, 0.1) is 12.3 Å². The second-order valence-corrected chi connectivity index (χ2v) is 5.84. The van der Waals surface area contributed by atoms with Crippen LogP contribution in [0.5, 0.6) is 5.75 Å². The molecule has 3 nitrogen and oxygen atoms in total. The van der Waals surface area contributed by atoms with Gasteiger partial charge in [-0.25, -0.2) is 0 Å². The van der Waals surface area contributed by atoms with Crippen molar-refractivity contribution < 1.29 is 9.84 Å². The maximum Gasteiger partial charge on any atom is 0.148 e. The lowest BCUT2D eigenvalue weighted by molar-refractivity contribution is 0.0250. The molecule has 0 unspecified atom stereocenters. The number of nitrogens with one attached hydrogen (secondary N) is 1. The Bertz CT molecular complexity index is 470. The second-order valence-electron chi connectivity index (χ2n) is 5.84. The zero-order chi connectivity index (χ0) is 15.0. The van der Waals surface area contributed by atoms with Crippen LogP contribution in [0.2, 0.25) is 0 Å². The van der Waals surface area contributed by atoms with Crippen LogP contribution < -0.4 is 10.1 Å². The first-order valence-electron chi connectivity index (χ1n) is 7.81. The van der Waals surface area contributed by atoms with Crippen molar-refractivity contribution in [2.75, 3.05) is 13.2 Å². The molecule has 0 spiro atoms. The van der Waals surface area contributed by atoms with Crippen LogP contribution in [-0.4, -0.2) is 23.9 Å². The molecule has 0 saturated heterocycles. The van der Waals surface area contributed by atoms with Crippen molar-refractivity contribution in [2.24, 2.45) is 0 Å². The molecule has 2 N–H and O–H groups in total. The van der Waals surface area contributed by atoms with Crippen LogP contribution >= 0.6 is 0 Å². The molecule has 0 amide bonds. The summed E-state index contributed by atoms with van der Waals surface area (Å²) in [6.45, 7) is 1.60. The molecule has 1 saturated carbocycles. The van der Waals surface area contributed by atoms with E-state index in [4.69, 9.17) is 11.2 Å². The molecule has 3 heteroatoms. The van der Waals surface area contributed by atoms with Gasteiger partial charge in [0.15, 0.2) is 0 Å². The van der Waals surface area contributed by atoms with Crippen molar-refractivity contribution in [3.63, 3.8) is 0 Å². The number of hydrogen-bond donors (Lipinski definition) is 2. The summed E-state index contributed by atoms with van der Waals surface area (Å²) in [4.78, 5) is 0. The monoisotopic (exact) mass is 287 g/mol. The van der Waals surface area contributed by atoms with Gasteiger partial charge in [-0.15, -0.1) is 6.42 Å². The van der Waals surface area contributed by atoms with E-state index in [-0.39, 0.29) is 6.61 Å². The lowest BCUT2D eigenvalue weighted by Gasteiger charge is -2.27. The van der Waals surface area contributed by atoms with E-state index in [1.54, 1.807) is 0 Å². The third-order valence-corrected chi connectivity index (χ3v) is 4.09. The number of aliphatic hydroxyl groups is 1. The first-order valence-corrected chi connectivity index (χ1v) is 7.81. The summed E-state index contributed by atoms with van der Waals surface area (Å²) in [5.41, 5.74) is 0.524. The summed E-state index contributed by atoms with van der Waals surface area (Å²) < 4.78 is 5.54. The molecule has 0 bridgehead atoms. The Hall–Kier alpha value is -1.50. The fourth-order valence-electron chi connectivity index (χ4n) is 2.90. The fraction of sp³-hybridized carbons (Fsp3) is 0.556. The van der Waals surface area contributed by atoms with E-state index < -0.39 is 5.60 Å². The van der Waals surface area contributed by atoms with E-state index in [0.717, 1.165) is 37.0 Å². The normalized spacial score (nSPS) is 17.7. The molecule has 1 aromatic carbocycles. The molecule has 1 aliphatic rings. The number of rotatable bonds is 6. The zero-order valence-electron chi connectivity index (χ0n) is 12.6. The van der Waals surface area contributed by atoms with E-state index in [9.17, 15) is 5.11 Å². The van der Waals surface area contributed by atoms with Crippen LogP contribution in [0.1, 0.15) is 44.1 Å². The van der Waals surface area contributed by atoms with Crippen LogP contribution in [0.4, 0.5) is 0 Å². The summed E-state index contributed by atoms with van der Waals surface area (Å²) in [5, 5.41) is 14.0. The van der Waals surface area contributed by atoms with Crippen LogP contribution in [0.15, 0.2) is 24.3 Å². The highest BCUT2D eigenvalue weighted by Crippen LogP contribution is 2.26. The van der Waals surface area contributed by atoms with Gasteiger partial charge in [-0.05, 0) is 18.9 Å². The van der Waals surface area contributed by atoms with Gasteiger partial charge in [0.05, 0.1) is 5.60 Å². The summed E-state index contributed by atoms with van der Waals surface area (Å²) in [7, 11) is 0. The first kappa shape index (κ1) is 15.9. The van der Waals surface area contributed by atoms with Gasteiger partial charge in [-0.2, -0.15) is 0 Å². The minimum absolute atomic E-state index is 0.279. The summed E-state index contributed by atoms with van der Waals surface area (Å²) >= 11 is 0. The van der Waals surface area contributed by atoms with E-state index in [0.29, 0.717) is 13.1 Å². The number of benzene rings is 1. The Morgan fingerprint density at radius 1 is 1.19 bits per heavy atom. The van der Waals surface area contributed by atoms with Gasteiger partial charge >= 0.3 is 0 Å². The molecule has 1 aliphatic carbocycles. The number of para-hydroxylation sites is 1. The molecule has 1 aromatic rings. The summed E-state index contributed by atoms with van der Waals surface area (Å²) in [5.74, 6) is 3.30. The Labute approximate surface area is 127 Å². The number of terminal acetylenes is 1. The second kappa shape index (κ2) is 8.07. The van der Waals surface area contributed by atoms with Gasteiger partial charge in [0.2, 0.25) is 0 Å². The van der Waals surface area contributed by atoms with E-state index >= 15 is 0 Å². The lowest BCUT2D eigenvalue weighted by Crippen LogP contribution is -2.39. The topological polar surface area (TPSA) is 41.5 Å². The third kappa shape index (κ3) is 5.08. The minimum Gasteiger partial charge on any atom is -0.481 e. The molecule has 0 heterocycles. The molecule has 0 aromatic heterocycles. The van der Waals surface area contributed by atoms with Gasteiger partial charge in [-0.3, -0.25) is 0 Å².